The minimum atomic E-state index is 0.191. The summed E-state index contributed by atoms with van der Waals surface area (Å²) in [4.78, 5) is 12.4. The van der Waals surface area contributed by atoms with Gasteiger partial charge in [-0.1, -0.05) is 0 Å². The molecule has 7 heteroatoms. The summed E-state index contributed by atoms with van der Waals surface area (Å²) in [7, 11) is 1.88. The van der Waals surface area contributed by atoms with Gasteiger partial charge >= 0.3 is 0 Å². The molecule has 5 heterocycles. The number of rotatable bonds is 2. The number of hydrogen-bond donors (Lipinski definition) is 2. The number of phenols is 1. The molecule has 1 spiro atoms. The number of phenolic OH excluding ortho intramolecular Hbond substituents is 1. The number of hydrogen-bond acceptors (Lipinski definition) is 6. The van der Waals surface area contributed by atoms with Crippen LogP contribution in [0.3, 0.4) is 0 Å². The zero-order valence-corrected chi connectivity index (χ0v) is 18.1. The predicted octanol–water partition coefficient (Wildman–Crippen LogP) is 3.61. The van der Waals surface area contributed by atoms with Gasteiger partial charge in [0.2, 0.25) is 0 Å². The number of anilines is 1. The Morgan fingerprint density at radius 2 is 1.91 bits per heavy atom. The van der Waals surface area contributed by atoms with Crippen LogP contribution in [0.4, 0.5) is 5.82 Å². The molecule has 0 unspecified atom stereocenters. The first-order valence-corrected chi connectivity index (χ1v) is 11.6. The topological polar surface area (TPSA) is 79.1 Å². The van der Waals surface area contributed by atoms with Gasteiger partial charge in [-0.15, -0.1) is 0 Å². The summed E-state index contributed by atoms with van der Waals surface area (Å²) >= 11 is 0. The molecule has 32 heavy (non-hydrogen) atoms. The molecule has 3 aliphatic rings. The molecule has 7 nitrogen and oxygen atoms in total. The minimum Gasteiger partial charge on any atom is -0.507 e. The fraction of sp³-hybridized carbons (Fsp3) is 0.400. The van der Waals surface area contributed by atoms with Crippen molar-refractivity contribution in [2.75, 3.05) is 18.0 Å². The lowest BCUT2D eigenvalue weighted by atomic mass is 9.79. The molecule has 2 aliphatic heterocycles. The van der Waals surface area contributed by atoms with Crippen LogP contribution in [0.15, 0.2) is 42.6 Å². The number of aryl methyl sites for hydroxylation is 1. The van der Waals surface area contributed by atoms with Crippen LogP contribution in [0, 0.1) is 5.41 Å². The van der Waals surface area contributed by atoms with Crippen molar-refractivity contribution in [3.63, 3.8) is 0 Å². The summed E-state index contributed by atoms with van der Waals surface area (Å²) < 4.78 is 1.75. The highest BCUT2D eigenvalue weighted by Gasteiger charge is 2.58. The number of nitrogens with one attached hydrogen (secondary N) is 1. The van der Waals surface area contributed by atoms with Gasteiger partial charge in [0.05, 0.1) is 22.2 Å². The smallest absolute Gasteiger partial charge is 0.129 e. The predicted molar refractivity (Wildman–Crippen MR) is 125 cm³/mol. The van der Waals surface area contributed by atoms with E-state index < -0.39 is 0 Å². The Morgan fingerprint density at radius 1 is 1.03 bits per heavy atom. The third-order valence-corrected chi connectivity index (χ3v) is 8.10. The quantitative estimate of drug-likeness (QED) is 0.510. The average molecular weight is 427 g/mol. The first-order chi connectivity index (χ1) is 15.6. The first-order valence-electron chi connectivity index (χ1n) is 11.6. The lowest BCUT2D eigenvalue weighted by molar-refractivity contribution is 0.284. The summed E-state index contributed by atoms with van der Waals surface area (Å²) in [6.07, 6.45) is 7.04. The van der Waals surface area contributed by atoms with Gasteiger partial charge in [-0.05, 0) is 62.6 Å². The normalized spacial score (nSPS) is 26.8. The van der Waals surface area contributed by atoms with Crippen molar-refractivity contribution in [2.45, 2.75) is 37.8 Å². The molecule has 162 valence electrons. The fourth-order valence-electron chi connectivity index (χ4n) is 6.65. The molecule has 2 N–H and O–H groups in total. The molecule has 0 radical (unpaired) electrons. The molecule has 7 rings (SSSR count). The summed E-state index contributed by atoms with van der Waals surface area (Å²) in [5.41, 5.74) is 4.41. The van der Waals surface area contributed by atoms with Crippen LogP contribution < -0.4 is 10.2 Å². The van der Waals surface area contributed by atoms with E-state index in [1.807, 2.05) is 31.4 Å². The lowest BCUT2D eigenvalue weighted by Crippen LogP contribution is -2.39. The summed E-state index contributed by atoms with van der Waals surface area (Å²) in [5.74, 6) is 1.26. The molecule has 1 aliphatic carbocycles. The molecule has 1 saturated carbocycles. The van der Waals surface area contributed by atoms with Crippen LogP contribution in [0.25, 0.3) is 33.2 Å². The summed E-state index contributed by atoms with van der Waals surface area (Å²) in [6, 6.07) is 13.1. The van der Waals surface area contributed by atoms with Gasteiger partial charge in [0, 0.05) is 54.3 Å². The maximum absolute atomic E-state index is 10.6. The van der Waals surface area contributed by atoms with E-state index in [1.54, 1.807) is 10.7 Å². The number of pyridine rings is 2. The maximum Gasteiger partial charge on any atom is 0.129 e. The zero-order valence-electron chi connectivity index (χ0n) is 18.1. The molecule has 3 fully saturated rings. The minimum absolute atomic E-state index is 0.191. The number of benzene rings is 1. The van der Waals surface area contributed by atoms with Crippen molar-refractivity contribution in [3.05, 3.63) is 42.6 Å². The van der Waals surface area contributed by atoms with Gasteiger partial charge in [0.25, 0.3) is 0 Å². The van der Waals surface area contributed by atoms with E-state index in [0.717, 1.165) is 46.5 Å². The highest BCUT2D eigenvalue weighted by atomic mass is 16.3. The Bertz CT molecular complexity index is 1380. The van der Waals surface area contributed by atoms with Crippen molar-refractivity contribution < 1.29 is 5.11 Å². The van der Waals surface area contributed by atoms with E-state index in [4.69, 9.17) is 9.97 Å². The Kier molecular flexibility index (Phi) is 3.69. The molecule has 0 bridgehead atoms. The van der Waals surface area contributed by atoms with Crippen LogP contribution in [-0.2, 0) is 7.05 Å². The largest absolute Gasteiger partial charge is 0.507 e. The molecular weight excluding hydrogens is 400 g/mol. The SMILES string of the molecule is Cn1cc2cc(-c3ccc4nc(N5CC[C@]67CCN[C@H]6CC[C@H]57)ccc4n3)c(O)cc2n1. The highest BCUT2D eigenvalue weighted by Crippen LogP contribution is 2.54. The molecule has 3 aromatic heterocycles. The Hall–Kier alpha value is -3.19. The second-order valence-corrected chi connectivity index (χ2v) is 9.66. The zero-order chi connectivity index (χ0) is 21.4. The highest BCUT2D eigenvalue weighted by molar-refractivity contribution is 5.88. The maximum atomic E-state index is 10.6. The number of nitrogens with zero attached hydrogens (tertiary/aromatic N) is 5. The molecule has 3 atom stereocenters. The van der Waals surface area contributed by atoms with Crippen molar-refractivity contribution >= 4 is 27.8 Å². The van der Waals surface area contributed by atoms with Crippen molar-refractivity contribution in [3.8, 4) is 17.0 Å². The van der Waals surface area contributed by atoms with E-state index in [9.17, 15) is 5.11 Å². The number of aromatic hydroxyl groups is 1. The van der Waals surface area contributed by atoms with Gasteiger partial charge in [-0.2, -0.15) is 5.10 Å². The lowest BCUT2D eigenvalue weighted by Gasteiger charge is -2.32. The summed E-state index contributed by atoms with van der Waals surface area (Å²) in [6.45, 7) is 2.25. The van der Waals surface area contributed by atoms with Crippen LogP contribution >= 0.6 is 0 Å². The molecule has 4 aromatic rings. The van der Waals surface area contributed by atoms with Gasteiger partial charge in [0.15, 0.2) is 0 Å². The van der Waals surface area contributed by atoms with Gasteiger partial charge in [0.1, 0.15) is 11.6 Å². The Morgan fingerprint density at radius 3 is 2.84 bits per heavy atom. The van der Waals surface area contributed by atoms with Gasteiger partial charge in [-0.25, -0.2) is 9.97 Å². The monoisotopic (exact) mass is 426 g/mol. The number of aromatic nitrogens is 4. The van der Waals surface area contributed by atoms with Crippen LogP contribution in [0.2, 0.25) is 0 Å². The Balaban J connectivity index is 1.25. The fourth-order valence-corrected chi connectivity index (χ4v) is 6.65. The van der Waals surface area contributed by atoms with Gasteiger partial charge < -0.3 is 15.3 Å². The molecular formula is C25H26N6O. The van der Waals surface area contributed by atoms with Crippen molar-refractivity contribution in [1.29, 1.82) is 0 Å². The van der Waals surface area contributed by atoms with Crippen LogP contribution in [0.5, 0.6) is 5.75 Å². The standard InChI is InChI=1S/C25H26N6O/c1-30-14-15-12-16(21(32)13-20(15)29-30)17-2-3-19-18(27-17)4-7-24(28-19)31-11-9-25-8-10-26-22(25)5-6-23(25)31/h2-4,7,12-14,22-23,26,32H,5-6,8-11H2,1H3/t22-,23-,25+/m0/s1. The third-order valence-electron chi connectivity index (χ3n) is 8.10. The molecule has 1 aromatic carbocycles. The second-order valence-electron chi connectivity index (χ2n) is 9.66. The van der Waals surface area contributed by atoms with Crippen molar-refractivity contribution in [2.24, 2.45) is 12.5 Å². The molecule has 2 saturated heterocycles. The first kappa shape index (κ1) is 18.4. The van der Waals surface area contributed by atoms with E-state index in [0.29, 0.717) is 23.1 Å². The second kappa shape index (κ2) is 6.42. The van der Waals surface area contributed by atoms with Gasteiger partial charge in [-0.3, -0.25) is 4.68 Å². The van der Waals surface area contributed by atoms with E-state index in [-0.39, 0.29) is 5.75 Å². The average Bonchev–Trinajstić information content (AvgIpc) is 3.52. The van der Waals surface area contributed by atoms with E-state index in [1.165, 1.54) is 25.7 Å². The summed E-state index contributed by atoms with van der Waals surface area (Å²) in [5, 5.41) is 19.7. The van der Waals surface area contributed by atoms with E-state index in [2.05, 4.69) is 27.4 Å². The van der Waals surface area contributed by atoms with Crippen molar-refractivity contribution in [1.82, 2.24) is 25.1 Å². The molecule has 0 amide bonds. The van der Waals surface area contributed by atoms with E-state index >= 15 is 0 Å². The van der Waals surface area contributed by atoms with Crippen LogP contribution in [0.1, 0.15) is 25.7 Å². The number of fused-ring (bicyclic) bond motifs is 2. The Labute approximate surface area is 186 Å². The van der Waals surface area contributed by atoms with Crippen LogP contribution in [-0.4, -0.2) is 50.0 Å². The third kappa shape index (κ3) is 2.48.